The fourth-order valence-corrected chi connectivity index (χ4v) is 2.88. The first-order valence-electron chi connectivity index (χ1n) is 6.93. The van der Waals surface area contributed by atoms with Crippen molar-refractivity contribution in [3.63, 3.8) is 0 Å². The lowest BCUT2D eigenvalue weighted by atomic mass is 9.99. The largest absolute Gasteiger partial charge is 0.384 e. The van der Waals surface area contributed by atoms with Gasteiger partial charge in [0, 0.05) is 5.56 Å². The lowest BCUT2D eigenvalue weighted by Gasteiger charge is -2.22. The fourth-order valence-electron chi connectivity index (χ4n) is 2.10. The van der Waals surface area contributed by atoms with Crippen molar-refractivity contribution in [3.8, 4) is 5.69 Å². The van der Waals surface area contributed by atoms with Crippen LogP contribution in [0.2, 0.25) is 0 Å². The number of aromatic nitrogens is 4. The van der Waals surface area contributed by atoms with Crippen LogP contribution in [-0.4, -0.2) is 37.8 Å². The zero-order valence-electron chi connectivity index (χ0n) is 12.4. The molecule has 0 aliphatic carbocycles. The maximum Gasteiger partial charge on any atom is 0.251 e. The van der Waals surface area contributed by atoms with E-state index in [2.05, 4.69) is 20.8 Å². The van der Waals surface area contributed by atoms with Crippen LogP contribution >= 0.6 is 11.3 Å². The average Bonchev–Trinajstić information content (AvgIpc) is 3.25. The number of carbonyl (C=O) groups excluding carboxylic acids is 1. The number of amides is 1. The molecule has 0 radical (unpaired) electrons. The number of carbonyl (C=O) groups is 1. The maximum atomic E-state index is 12.3. The van der Waals surface area contributed by atoms with E-state index in [1.807, 2.05) is 16.8 Å². The molecule has 0 spiro atoms. The highest BCUT2D eigenvalue weighted by Gasteiger charge is 2.24. The van der Waals surface area contributed by atoms with E-state index in [1.165, 1.54) is 22.3 Å². The number of nitrogens with one attached hydrogen (secondary N) is 1. The third-order valence-electron chi connectivity index (χ3n) is 3.46. The predicted octanol–water partition coefficient (Wildman–Crippen LogP) is 1.36. The minimum absolute atomic E-state index is 0.123. The van der Waals surface area contributed by atoms with Gasteiger partial charge < -0.3 is 10.4 Å². The number of hydrogen-bond acceptors (Lipinski definition) is 6. The average molecular weight is 329 g/mol. The first kappa shape index (κ1) is 15.3. The molecule has 0 unspecified atom stereocenters. The van der Waals surface area contributed by atoms with Gasteiger partial charge in [0.05, 0.1) is 12.2 Å². The van der Waals surface area contributed by atoms with Gasteiger partial charge in [0.25, 0.3) is 5.91 Å². The van der Waals surface area contributed by atoms with E-state index < -0.39 is 5.60 Å². The summed E-state index contributed by atoms with van der Waals surface area (Å²) >= 11 is 1.50. The van der Waals surface area contributed by atoms with E-state index in [9.17, 15) is 9.90 Å². The Morgan fingerprint density at radius 3 is 3.00 bits per heavy atom. The van der Waals surface area contributed by atoms with Gasteiger partial charge >= 0.3 is 0 Å². The summed E-state index contributed by atoms with van der Waals surface area (Å²) in [5, 5.41) is 27.9. The van der Waals surface area contributed by atoms with Crippen molar-refractivity contribution in [1.82, 2.24) is 25.5 Å². The molecule has 0 bridgehead atoms. The van der Waals surface area contributed by atoms with Crippen molar-refractivity contribution < 1.29 is 9.90 Å². The molecule has 3 rings (SSSR count). The van der Waals surface area contributed by atoms with Gasteiger partial charge in [-0.15, -0.1) is 5.10 Å². The minimum atomic E-state index is -1.11. The van der Waals surface area contributed by atoms with Gasteiger partial charge in [-0.25, -0.2) is 4.68 Å². The number of rotatable bonds is 5. The molecule has 0 aliphatic heterocycles. The van der Waals surface area contributed by atoms with Gasteiger partial charge in [-0.2, -0.15) is 11.3 Å². The molecule has 2 heterocycles. The molecule has 0 fully saturated rings. The summed E-state index contributed by atoms with van der Waals surface area (Å²) in [7, 11) is 0. The van der Waals surface area contributed by atoms with Gasteiger partial charge in [0.1, 0.15) is 11.9 Å². The van der Waals surface area contributed by atoms with Gasteiger partial charge in [0.2, 0.25) is 0 Å². The summed E-state index contributed by atoms with van der Waals surface area (Å²) in [6.45, 7) is 1.80. The normalized spacial score (nSPS) is 13.5. The summed E-state index contributed by atoms with van der Waals surface area (Å²) in [5.74, 6) is -0.268. The van der Waals surface area contributed by atoms with Crippen LogP contribution < -0.4 is 5.32 Å². The van der Waals surface area contributed by atoms with Crippen LogP contribution in [0.15, 0.2) is 47.4 Å². The summed E-state index contributed by atoms with van der Waals surface area (Å²) in [6, 6.07) is 8.78. The van der Waals surface area contributed by atoms with Crippen molar-refractivity contribution in [2.24, 2.45) is 0 Å². The highest BCUT2D eigenvalue weighted by Crippen LogP contribution is 2.22. The SMILES string of the molecule is C[C@@](O)(CNC(=O)c1cccc(-n2cnnn2)c1)c1ccsc1. The first-order chi connectivity index (χ1) is 11.1. The second-order valence-electron chi connectivity index (χ2n) is 5.27. The Bertz CT molecular complexity index is 784. The van der Waals surface area contributed by atoms with E-state index in [0.29, 0.717) is 11.3 Å². The molecule has 8 heteroatoms. The molecular formula is C15H15N5O2S. The molecule has 1 amide bonds. The summed E-state index contributed by atoms with van der Waals surface area (Å²) in [4.78, 5) is 12.3. The minimum Gasteiger partial charge on any atom is -0.384 e. The Hall–Kier alpha value is -2.58. The van der Waals surface area contributed by atoms with Crippen LogP contribution in [0.4, 0.5) is 0 Å². The third-order valence-corrected chi connectivity index (χ3v) is 4.14. The summed E-state index contributed by atoms with van der Waals surface area (Å²) in [5.41, 5.74) is 0.833. The molecule has 2 aromatic heterocycles. The zero-order chi connectivity index (χ0) is 16.3. The molecule has 1 atom stereocenters. The molecule has 0 saturated heterocycles. The van der Waals surface area contributed by atoms with Gasteiger partial charge in [-0.3, -0.25) is 4.79 Å². The topological polar surface area (TPSA) is 92.9 Å². The summed E-state index contributed by atoms with van der Waals surface area (Å²) in [6.07, 6.45) is 1.46. The maximum absolute atomic E-state index is 12.3. The van der Waals surface area contributed by atoms with Crippen molar-refractivity contribution in [2.45, 2.75) is 12.5 Å². The molecule has 3 aromatic rings. The Labute approximate surface area is 136 Å². The molecule has 2 N–H and O–H groups in total. The smallest absolute Gasteiger partial charge is 0.251 e. The molecule has 0 aliphatic rings. The van der Waals surface area contributed by atoms with Crippen molar-refractivity contribution in [2.75, 3.05) is 6.54 Å². The number of benzene rings is 1. The number of nitrogens with zero attached hydrogens (tertiary/aromatic N) is 4. The number of hydrogen-bond donors (Lipinski definition) is 2. The molecule has 118 valence electrons. The lowest BCUT2D eigenvalue weighted by Crippen LogP contribution is -2.38. The van der Waals surface area contributed by atoms with Crippen molar-refractivity contribution >= 4 is 17.2 Å². The third kappa shape index (κ3) is 3.43. The fraction of sp³-hybridized carbons (Fsp3) is 0.200. The Morgan fingerprint density at radius 2 is 2.30 bits per heavy atom. The van der Waals surface area contributed by atoms with Crippen LogP contribution in [-0.2, 0) is 5.60 Å². The van der Waals surface area contributed by atoms with Gasteiger partial charge in [-0.05, 0) is 57.9 Å². The molecule has 7 nitrogen and oxygen atoms in total. The monoisotopic (exact) mass is 329 g/mol. The zero-order valence-corrected chi connectivity index (χ0v) is 13.2. The number of aliphatic hydroxyl groups is 1. The van der Waals surface area contributed by atoms with Crippen LogP contribution in [0.3, 0.4) is 0 Å². The lowest BCUT2D eigenvalue weighted by molar-refractivity contribution is 0.0530. The summed E-state index contributed by atoms with van der Waals surface area (Å²) < 4.78 is 1.47. The van der Waals surface area contributed by atoms with E-state index >= 15 is 0 Å². The van der Waals surface area contributed by atoms with E-state index in [-0.39, 0.29) is 12.5 Å². The number of tetrazole rings is 1. The van der Waals surface area contributed by atoms with Crippen LogP contribution in [0.5, 0.6) is 0 Å². The Balaban J connectivity index is 1.70. The number of thiophene rings is 1. The van der Waals surface area contributed by atoms with E-state index in [4.69, 9.17) is 0 Å². The van der Waals surface area contributed by atoms with Crippen molar-refractivity contribution in [1.29, 1.82) is 0 Å². The van der Waals surface area contributed by atoms with E-state index in [0.717, 1.165) is 5.56 Å². The second kappa shape index (κ2) is 6.27. The molecule has 23 heavy (non-hydrogen) atoms. The van der Waals surface area contributed by atoms with E-state index in [1.54, 1.807) is 31.2 Å². The highest BCUT2D eigenvalue weighted by atomic mass is 32.1. The molecule has 0 saturated carbocycles. The van der Waals surface area contributed by atoms with Crippen molar-refractivity contribution in [3.05, 3.63) is 58.5 Å². The van der Waals surface area contributed by atoms with Crippen LogP contribution in [0.25, 0.3) is 5.69 Å². The quantitative estimate of drug-likeness (QED) is 0.737. The highest BCUT2D eigenvalue weighted by molar-refractivity contribution is 7.08. The van der Waals surface area contributed by atoms with Gasteiger partial charge in [-0.1, -0.05) is 6.07 Å². The predicted molar refractivity (Wildman–Crippen MR) is 85.4 cm³/mol. The van der Waals surface area contributed by atoms with Gasteiger partial charge in [0.15, 0.2) is 0 Å². The Kier molecular flexibility index (Phi) is 4.18. The second-order valence-corrected chi connectivity index (χ2v) is 6.05. The molecular weight excluding hydrogens is 314 g/mol. The first-order valence-corrected chi connectivity index (χ1v) is 7.87. The standard InChI is InChI=1S/C15H15N5O2S/c1-15(22,12-5-6-23-8-12)9-16-14(21)11-3-2-4-13(7-11)20-10-17-18-19-20/h2-8,10,22H,9H2,1H3,(H,16,21)/t15-/m1/s1. The van der Waals surface area contributed by atoms with Crippen LogP contribution in [0.1, 0.15) is 22.8 Å². The molecule has 1 aromatic carbocycles. The Morgan fingerprint density at radius 1 is 1.43 bits per heavy atom. The van der Waals surface area contributed by atoms with Crippen LogP contribution in [0, 0.1) is 0 Å².